The third kappa shape index (κ3) is 4.17. The van der Waals surface area contributed by atoms with Gasteiger partial charge in [-0.25, -0.2) is 0 Å². The first-order valence-corrected chi connectivity index (χ1v) is 8.56. The molecule has 2 N–H and O–H groups in total. The zero-order valence-electron chi connectivity index (χ0n) is 12.6. The maximum atomic E-state index is 4.33. The van der Waals surface area contributed by atoms with E-state index < -0.39 is 0 Å². The number of aryl methyl sites for hydroxylation is 1. The van der Waals surface area contributed by atoms with Crippen molar-refractivity contribution in [2.24, 2.45) is 4.99 Å². The average molecular weight is 291 g/mol. The number of thioether (sulfide) groups is 1. The van der Waals surface area contributed by atoms with Gasteiger partial charge in [0.25, 0.3) is 0 Å². The van der Waals surface area contributed by atoms with E-state index in [1.165, 1.54) is 30.4 Å². The monoisotopic (exact) mass is 291 g/mol. The SMILES string of the molecule is CN=C(NCc1ccccc1C)NC1CCC(SC)C1. The van der Waals surface area contributed by atoms with E-state index in [4.69, 9.17) is 0 Å². The molecule has 1 fully saturated rings. The number of benzene rings is 1. The van der Waals surface area contributed by atoms with Gasteiger partial charge in [-0.2, -0.15) is 11.8 Å². The first-order valence-electron chi connectivity index (χ1n) is 7.27. The number of rotatable bonds is 4. The van der Waals surface area contributed by atoms with Gasteiger partial charge in [0.15, 0.2) is 5.96 Å². The van der Waals surface area contributed by atoms with E-state index in [0.29, 0.717) is 6.04 Å². The molecule has 2 rings (SSSR count). The highest BCUT2D eigenvalue weighted by Crippen LogP contribution is 2.27. The van der Waals surface area contributed by atoms with Crippen LogP contribution in [0.3, 0.4) is 0 Å². The highest BCUT2D eigenvalue weighted by molar-refractivity contribution is 7.99. The third-order valence-corrected chi connectivity index (χ3v) is 5.08. The van der Waals surface area contributed by atoms with Crippen molar-refractivity contribution >= 4 is 17.7 Å². The van der Waals surface area contributed by atoms with Crippen LogP contribution in [0, 0.1) is 6.92 Å². The van der Waals surface area contributed by atoms with E-state index in [2.05, 4.69) is 53.1 Å². The molecule has 0 aliphatic heterocycles. The molecule has 20 heavy (non-hydrogen) atoms. The van der Waals surface area contributed by atoms with E-state index in [1.807, 2.05) is 18.8 Å². The molecule has 0 heterocycles. The molecule has 0 amide bonds. The summed E-state index contributed by atoms with van der Waals surface area (Å²) >= 11 is 1.98. The number of guanidine groups is 1. The van der Waals surface area contributed by atoms with Gasteiger partial charge in [0, 0.05) is 24.9 Å². The Bertz CT molecular complexity index is 459. The van der Waals surface area contributed by atoms with E-state index >= 15 is 0 Å². The second kappa shape index (κ2) is 7.58. The van der Waals surface area contributed by atoms with E-state index in [-0.39, 0.29) is 0 Å². The van der Waals surface area contributed by atoms with Crippen molar-refractivity contribution in [2.75, 3.05) is 13.3 Å². The zero-order valence-corrected chi connectivity index (χ0v) is 13.5. The predicted octanol–water partition coefficient (Wildman–Crippen LogP) is 2.94. The van der Waals surface area contributed by atoms with E-state index in [1.54, 1.807) is 0 Å². The fourth-order valence-electron chi connectivity index (χ4n) is 2.66. The summed E-state index contributed by atoms with van der Waals surface area (Å²) in [5, 5.41) is 7.77. The normalized spacial score (nSPS) is 22.9. The first kappa shape index (κ1) is 15.2. The fraction of sp³-hybridized carbons (Fsp3) is 0.562. The summed E-state index contributed by atoms with van der Waals surface area (Å²) in [5.74, 6) is 0.917. The van der Waals surface area contributed by atoms with Gasteiger partial charge < -0.3 is 10.6 Å². The second-order valence-corrected chi connectivity index (χ2v) is 6.50. The van der Waals surface area contributed by atoms with Crippen molar-refractivity contribution in [3.05, 3.63) is 35.4 Å². The molecule has 0 radical (unpaired) electrons. The maximum Gasteiger partial charge on any atom is 0.191 e. The van der Waals surface area contributed by atoms with Crippen LogP contribution in [-0.4, -0.2) is 30.6 Å². The highest BCUT2D eigenvalue weighted by Gasteiger charge is 2.24. The smallest absolute Gasteiger partial charge is 0.191 e. The Balaban J connectivity index is 1.83. The van der Waals surface area contributed by atoms with Crippen LogP contribution in [0.15, 0.2) is 29.3 Å². The lowest BCUT2D eigenvalue weighted by Gasteiger charge is -2.18. The minimum Gasteiger partial charge on any atom is -0.354 e. The van der Waals surface area contributed by atoms with Crippen LogP contribution in [-0.2, 0) is 6.54 Å². The topological polar surface area (TPSA) is 36.4 Å². The van der Waals surface area contributed by atoms with Gasteiger partial charge in [-0.1, -0.05) is 24.3 Å². The Morgan fingerprint density at radius 3 is 2.80 bits per heavy atom. The molecule has 4 heteroatoms. The minimum atomic E-state index is 0.565. The molecule has 1 aliphatic rings. The Labute approximate surface area is 126 Å². The molecule has 3 nitrogen and oxygen atoms in total. The highest BCUT2D eigenvalue weighted by atomic mass is 32.2. The first-order chi connectivity index (χ1) is 9.72. The lowest BCUT2D eigenvalue weighted by atomic mass is 10.1. The van der Waals surface area contributed by atoms with Gasteiger partial charge in [0.1, 0.15) is 0 Å². The summed E-state index contributed by atoms with van der Waals surface area (Å²) in [6, 6.07) is 9.03. The van der Waals surface area contributed by atoms with Crippen LogP contribution in [0.5, 0.6) is 0 Å². The predicted molar refractivity (Wildman–Crippen MR) is 89.5 cm³/mol. The Hall–Kier alpha value is -1.16. The zero-order chi connectivity index (χ0) is 14.4. The molecule has 0 saturated heterocycles. The molecule has 0 aromatic heterocycles. The van der Waals surface area contributed by atoms with Crippen LogP contribution < -0.4 is 10.6 Å². The molecule has 2 unspecified atom stereocenters. The summed E-state index contributed by atoms with van der Waals surface area (Å²) in [7, 11) is 1.84. The summed E-state index contributed by atoms with van der Waals surface area (Å²) in [4.78, 5) is 4.33. The Morgan fingerprint density at radius 2 is 2.15 bits per heavy atom. The summed E-state index contributed by atoms with van der Waals surface area (Å²) in [5.41, 5.74) is 2.64. The van der Waals surface area contributed by atoms with Crippen molar-refractivity contribution < 1.29 is 0 Å². The van der Waals surface area contributed by atoms with Crippen LogP contribution in [0.2, 0.25) is 0 Å². The van der Waals surface area contributed by atoms with Crippen molar-refractivity contribution in [3.8, 4) is 0 Å². The van der Waals surface area contributed by atoms with Gasteiger partial charge in [-0.05, 0) is 43.6 Å². The molecular formula is C16H25N3S. The van der Waals surface area contributed by atoms with Gasteiger partial charge in [0.05, 0.1) is 0 Å². The quantitative estimate of drug-likeness (QED) is 0.661. The van der Waals surface area contributed by atoms with Gasteiger partial charge in [0.2, 0.25) is 0 Å². The summed E-state index contributed by atoms with van der Waals surface area (Å²) in [6.07, 6.45) is 6.01. The Morgan fingerprint density at radius 1 is 1.35 bits per heavy atom. The molecule has 1 saturated carbocycles. The molecule has 1 aliphatic carbocycles. The number of nitrogens with one attached hydrogen (secondary N) is 2. The van der Waals surface area contributed by atoms with Gasteiger partial charge in [-0.3, -0.25) is 4.99 Å². The van der Waals surface area contributed by atoms with Crippen molar-refractivity contribution in [3.63, 3.8) is 0 Å². The minimum absolute atomic E-state index is 0.565. The van der Waals surface area contributed by atoms with Crippen LogP contribution in [0.25, 0.3) is 0 Å². The number of hydrogen-bond donors (Lipinski definition) is 2. The number of hydrogen-bond acceptors (Lipinski definition) is 2. The largest absolute Gasteiger partial charge is 0.354 e. The maximum absolute atomic E-state index is 4.33. The standard InChI is InChI=1S/C16H25N3S/c1-12-6-4-5-7-13(12)11-18-16(17-2)19-14-8-9-15(10-14)20-3/h4-7,14-15H,8-11H2,1-3H3,(H2,17,18,19). The fourth-order valence-corrected chi connectivity index (χ4v) is 3.46. The van der Waals surface area contributed by atoms with E-state index in [9.17, 15) is 0 Å². The molecule has 1 aromatic rings. The lowest BCUT2D eigenvalue weighted by molar-refractivity contribution is 0.614. The lowest BCUT2D eigenvalue weighted by Crippen LogP contribution is -2.42. The summed E-state index contributed by atoms with van der Waals surface area (Å²) in [6.45, 7) is 2.97. The van der Waals surface area contributed by atoms with Crippen LogP contribution >= 0.6 is 11.8 Å². The van der Waals surface area contributed by atoms with Crippen molar-refractivity contribution in [1.29, 1.82) is 0 Å². The van der Waals surface area contributed by atoms with Crippen molar-refractivity contribution in [1.82, 2.24) is 10.6 Å². The molecule has 0 bridgehead atoms. The Kier molecular flexibility index (Phi) is 5.77. The number of nitrogens with zero attached hydrogens (tertiary/aromatic N) is 1. The van der Waals surface area contributed by atoms with E-state index in [0.717, 1.165) is 17.8 Å². The molecule has 0 spiro atoms. The second-order valence-electron chi connectivity index (χ2n) is 5.36. The molecule has 110 valence electrons. The number of aliphatic imine (C=N–C) groups is 1. The molecular weight excluding hydrogens is 266 g/mol. The third-order valence-electron chi connectivity index (χ3n) is 3.99. The van der Waals surface area contributed by atoms with Gasteiger partial charge >= 0.3 is 0 Å². The van der Waals surface area contributed by atoms with Gasteiger partial charge in [-0.15, -0.1) is 0 Å². The van der Waals surface area contributed by atoms with Crippen LogP contribution in [0.1, 0.15) is 30.4 Å². The average Bonchev–Trinajstić information content (AvgIpc) is 2.92. The molecule has 2 atom stereocenters. The van der Waals surface area contributed by atoms with Crippen LogP contribution in [0.4, 0.5) is 0 Å². The van der Waals surface area contributed by atoms with Crippen molar-refractivity contribution in [2.45, 2.75) is 44.0 Å². The molecule has 1 aromatic carbocycles. The summed E-state index contributed by atoms with van der Waals surface area (Å²) < 4.78 is 0.